The molecule has 0 aromatic heterocycles. The molecule has 16 heavy (non-hydrogen) atoms. The Morgan fingerprint density at radius 2 is 1.94 bits per heavy atom. The number of hydrogen-bond donors (Lipinski definition) is 4. The quantitative estimate of drug-likeness (QED) is 0.267. The maximum atomic E-state index is 12.6. The van der Waals surface area contributed by atoms with Gasteiger partial charge in [-0.15, -0.1) is 0 Å². The van der Waals surface area contributed by atoms with E-state index in [9.17, 15) is 9.18 Å². The molecule has 0 fully saturated rings. The van der Waals surface area contributed by atoms with E-state index in [1.54, 1.807) is 0 Å². The van der Waals surface area contributed by atoms with Gasteiger partial charge in [-0.1, -0.05) is 11.8 Å². The van der Waals surface area contributed by atoms with Crippen molar-refractivity contribution in [1.29, 1.82) is 0 Å². The molecule has 0 aliphatic carbocycles. The van der Waals surface area contributed by atoms with Crippen molar-refractivity contribution in [3.05, 3.63) is 40.8 Å². The molecule has 6 N–H and O–H groups in total. The van der Waals surface area contributed by atoms with Crippen molar-refractivity contribution in [2.24, 2.45) is 11.6 Å². The Hall–Kier alpha value is -1.73. The average Bonchev–Trinajstić information content (AvgIpc) is 2.27. The molecule has 86 valence electrons. The number of aliphatic carboxylic acids is 1. The number of carboxylic acid groups (broad SMARTS) is 1. The van der Waals surface area contributed by atoms with Crippen LogP contribution in [0.5, 0.6) is 0 Å². The van der Waals surface area contributed by atoms with E-state index in [0.29, 0.717) is 4.90 Å². The van der Waals surface area contributed by atoms with E-state index in [1.807, 2.05) is 0 Å². The van der Waals surface area contributed by atoms with Crippen LogP contribution in [0.4, 0.5) is 4.39 Å². The normalized spacial score (nSPS) is 11.9. The standard InChI is InChI=1S/C9H10FN3O2S/c10-5-1-3-6(4-2-5)16-8(13-12)7(11)9(14)15/h1-4,13H,11-12H2,(H,14,15)/b8-7+. The Kier molecular flexibility index (Phi) is 4.15. The van der Waals surface area contributed by atoms with Crippen molar-refractivity contribution < 1.29 is 14.3 Å². The van der Waals surface area contributed by atoms with Gasteiger partial charge >= 0.3 is 5.97 Å². The number of hydrogen-bond acceptors (Lipinski definition) is 5. The van der Waals surface area contributed by atoms with Crippen LogP contribution in [0.15, 0.2) is 39.9 Å². The first-order valence-corrected chi connectivity index (χ1v) is 4.99. The Labute approximate surface area is 95.3 Å². The second-order valence-electron chi connectivity index (χ2n) is 2.75. The topological polar surface area (TPSA) is 101 Å². The minimum Gasteiger partial charge on any atom is -0.477 e. The van der Waals surface area contributed by atoms with Crippen molar-refractivity contribution in [3.63, 3.8) is 0 Å². The number of carboxylic acids is 1. The van der Waals surface area contributed by atoms with Gasteiger partial charge < -0.3 is 16.3 Å². The van der Waals surface area contributed by atoms with E-state index < -0.39 is 11.7 Å². The Bertz CT molecular complexity index is 419. The Morgan fingerprint density at radius 1 is 1.38 bits per heavy atom. The van der Waals surface area contributed by atoms with Crippen molar-refractivity contribution in [3.8, 4) is 0 Å². The number of carbonyl (C=O) groups is 1. The number of benzene rings is 1. The van der Waals surface area contributed by atoms with Gasteiger partial charge in [0.2, 0.25) is 0 Å². The van der Waals surface area contributed by atoms with E-state index >= 15 is 0 Å². The van der Waals surface area contributed by atoms with Crippen LogP contribution in [0.2, 0.25) is 0 Å². The molecule has 0 radical (unpaired) electrons. The molecule has 0 bridgehead atoms. The van der Waals surface area contributed by atoms with Crippen LogP contribution in [0.25, 0.3) is 0 Å². The number of nitrogens with one attached hydrogen (secondary N) is 1. The summed E-state index contributed by atoms with van der Waals surface area (Å²) in [6.07, 6.45) is 0. The van der Waals surface area contributed by atoms with Gasteiger partial charge in [-0.05, 0) is 24.3 Å². The molecular formula is C9H10FN3O2S. The number of nitrogens with two attached hydrogens (primary N) is 2. The van der Waals surface area contributed by atoms with E-state index in [2.05, 4.69) is 5.43 Å². The van der Waals surface area contributed by atoms with E-state index in [0.717, 1.165) is 11.8 Å². The minimum absolute atomic E-state index is 0.0964. The lowest BCUT2D eigenvalue weighted by atomic mass is 10.4. The molecule has 0 amide bonds. The molecule has 7 heteroatoms. The summed E-state index contributed by atoms with van der Waals surface area (Å²) < 4.78 is 12.6. The van der Waals surface area contributed by atoms with Gasteiger partial charge in [0, 0.05) is 4.90 Å². The van der Waals surface area contributed by atoms with Gasteiger partial charge in [0.25, 0.3) is 0 Å². The third kappa shape index (κ3) is 3.14. The van der Waals surface area contributed by atoms with Crippen LogP contribution in [-0.4, -0.2) is 11.1 Å². The van der Waals surface area contributed by atoms with Gasteiger partial charge in [-0.2, -0.15) is 0 Å². The van der Waals surface area contributed by atoms with Gasteiger partial charge in [0.15, 0.2) is 0 Å². The van der Waals surface area contributed by atoms with Crippen LogP contribution in [0, 0.1) is 5.82 Å². The average molecular weight is 243 g/mol. The van der Waals surface area contributed by atoms with Crippen LogP contribution in [-0.2, 0) is 4.79 Å². The van der Waals surface area contributed by atoms with Gasteiger partial charge in [-0.25, -0.2) is 15.0 Å². The molecule has 0 spiro atoms. The van der Waals surface area contributed by atoms with Gasteiger partial charge in [0.1, 0.15) is 16.5 Å². The Balaban J connectivity index is 2.90. The number of thioether (sulfide) groups is 1. The summed E-state index contributed by atoms with van der Waals surface area (Å²) in [6, 6.07) is 5.50. The second-order valence-corrected chi connectivity index (χ2v) is 3.83. The largest absolute Gasteiger partial charge is 0.477 e. The zero-order chi connectivity index (χ0) is 12.1. The molecule has 1 rings (SSSR count). The third-order valence-corrected chi connectivity index (χ3v) is 2.69. The Morgan fingerprint density at radius 3 is 2.38 bits per heavy atom. The molecule has 0 unspecified atom stereocenters. The van der Waals surface area contributed by atoms with Crippen molar-refractivity contribution in [2.45, 2.75) is 4.90 Å². The number of rotatable bonds is 4. The maximum absolute atomic E-state index is 12.6. The highest BCUT2D eigenvalue weighted by atomic mass is 32.2. The van der Waals surface area contributed by atoms with E-state index in [-0.39, 0.29) is 10.8 Å². The van der Waals surface area contributed by atoms with Crippen LogP contribution < -0.4 is 17.0 Å². The van der Waals surface area contributed by atoms with Crippen molar-refractivity contribution in [1.82, 2.24) is 5.43 Å². The zero-order valence-electron chi connectivity index (χ0n) is 8.11. The molecule has 1 aromatic rings. The van der Waals surface area contributed by atoms with Gasteiger partial charge in [0.05, 0.1) is 0 Å². The highest BCUT2D eigenvalue weighted by molar-refractivity contribution is 8.03. The molecule has 0 atom stereocenters. The molecular weight excluding hydrogens is 233 g/mol. The molecule has 0 aliphatic heterocycles. The lowest BCUT2D eigenvalue weighted by Crippen LogP contribution is -2.26. The fourth-order valence-corrected chi connectivity index (χ4v) is 1.64. The number of halogens is 1. The molecule has 0 saturated heterocycles. The van der Waals surface area contributed by atoms with Crippen LogP contribution in [0.1, 0.15) is 0 Å². The second kappa shape index (κ2) is 5.38. The zero-order valence-corrected chi connectivity index (χ0v) is 8.92. The molecule has 0 aliphatic rings. The summed E-state index contributed by atoms with van der Waals surface area (Å²) in [6.45, 7) is 0. The predicted octanol–water partition coefficient (Wildman–Crippen LogP) is 0.594. The third-order valence-electron chi connectivity index (χ3n) is 1.64. The van der Waals surface area contributed by atoms with Crippen molar-refractivity contribution >= 4 is 17.7 Å². The van der Waals surface area contributed by atoms with Crippen LogP contribution in [0.3, 0.4) is 0 Å². The fraction of sp³-hybridized carbons (Fsp3) is 0. The SMILES string of the molecule is NN/C(Sc1ccc(F)cc1)=C(\N)C(=O)O. The smallest absolute Gasteiger partial charge is 0.354 e. The summed E-state index contributed by atoms with van der Waals surface area (Å²) in [5, 5.41) is 8.75. The summed E-state index contributed by atoms with van der Waals surface area (Å²) in [5.74, 6) is 3.49. The van der Waals surface area contributed by atoms with E-state index in [4.69, 9.17) is 16.7 Å². The predicted molar refractivity (Wildman–Crippen MR) is 58.4 cm³/mol. The molecule has 1 aromatic carbocycles. The van der Waals surface area contributed by atoms with E-state index in [1.165, 1.54) is 24.3 Å². The lowest BCUT2D eigenvalue weighted by molar-refractivity contribution is -0.132. The summed E-state index contributed by atoms with van der Waals surface area (Å²) in [5.41, 5.74) is 7.09. The highest BCUT2D eigenvalue weighted by Gasteiger charge is 2.11. The lowest BCUT2D eigenvalue weighted by Gasteiger charge is -2.07. The first kappa shape index (κ1) is 12.3. The van der Waals surface area contributed by atoms with Gasteiger partial charge in [-0.3, -0.25) is 0 Å². The summed E-state index contributed by atoms with van der Waals surface area (Å²) in [7, 11) is 0. The monoisotopic (exact) mass is 243 g/mol. The highest BCUT2D eigenvalue weighted by Crippen LogP contribution is 2.25. The molecule has 5 nitrogen and oxygen atoms in total. The van der Waals surface area contributed by atoms with Crippen molar-refractivity contribution in [2.75, 3.05) is 0 Å². The molecule has 0 heterocycles. The maximum Gasteiger partial charge on any atom is 0.354 e. The number of hydrazine groups is 1. The summed E-state index contributed by atoms with van der Waals surface area (Å²) in [4.78, 5) is 11.2. The first-order chi connectivity index (χ1) is 7.54. The minimum atomic E-state index is -1.28. The summed E-state index contributed by atoms with van der Waals surface area (Å²) >= 11 is 1.00. The fourth-order valence-electron chi connectivity index (χ4n) is 0.880. The van der Waals surface area contributed by atoms with Crippen LogP contribution >= 0.6 is 11.8 Å². The molecule has 0 saturated carbocycles. The first-order valence-electron chi connectivity index (χ1n) is 4.17.